The SMILES string of the molecule is C[C@H](NC(=O)c1cc(-c2cccs2)[nH]n1)c1ccc(F)cc1. The summed E-state index contributed by atoms with van der Waals surface area (Å²) in [6.45, 7) is 1.85. The highest BCUT2D eigenvalue weighted by Crippen LogP contribution is 2.23. The first-order valence-corrected chi connectivity index (χ1v) is 7.67. The highest BCUT2D eigenvalue weighted by Gasteiger charge is 2.15. The van der Waals surface area contributed by atoms with Crippen LogP contribution in [-0.4, -0.2) is 16.1 Å². The maximum Gasteiger partial charge on any atom is 0.272 e. The third kappa shape index (κ3) is 3.07. The quantitative estimate of drug-likeness (QED) is 0.770. The molecule has 3 rings (SSSR count). The smallest absolute Gasteiger partial charge is 0.272 e. The maximum atomic E-state index is 12.9. The van der Waals surface area contributed by atoms with Gasteiger partial charge in [-0.05, 0) is 42.1 Å². The number of rotatable bonds is 4. The third-order valence-corrected chi connectivity index (χ3v) is 4.22. The van der Waals surface area contributed by atoms with Crippen LogP contribution in [0.2, 0.25) is 0 Å². The summed E-state index contributed by atoms with van der Waals surface area (Å²) < 4.78 is 12.9. The topological polar surface area (TPSA) is 57.8 Å². The zero-order valence-electron chi connectivity index (χ0n) is 11.8. The first kappa shape index (κ1) is 14.5. The van der Waals surface area contributed by atoms with Crippen LogP contribution in [0, 0.1) is 5.82 Å². The Hall–Kier alpha value is -2.47. The van der Waals surface area contributed by atoms with Crippen molar-refractivity contribution in [2.24, 2.45) is 0 Å². The molecule has 4 nitrogen and oxygen atoms in total. The molecule has 0 aliphatic heterocycles. The largest absolute Gasteiger partial charge is 0.344 e. The van der Waals surface area contributed by atoms with Gasteiger partial charge in [0.25, 0.3) is 5.91 Å². The molecule has 2 aromatic heterocycles. The summed E-state index contributed by atoms with van der Waals surface area (Å²) in [6, 6.07) is 11.5. The predicted molar refractivity (Wildman–Crippen MR) is 84.2 cm³/mol. The molecule has 6 heteroatoms. The van der Waals surface area contributed by atoms with E-state index in [1.54, 1.807) is 29.5 Å². The molecule has 3 aromatic rings. The summed E-state index contributed by atoms with van der Waals surface area (Å²) in [7, 11) is 0. The molecule has 0 saturated heterocycles. The maximum absolute atomic E-state index is 12.9. The minimum Gasteiger partial charge on any atom is -0.344 e. The number of halogens is 1. The number of aromatic nitrogens is 2. The van der Waals surface area contributed by atoms with E-state index in [2.05, 4.69) is 15.5 Å². The fourth-order valence-corrected chi connectivity index (χ4v) is 2.79. The molecule has 22 heavy (non-hydrogen) atoms. The van der Waals surface area contributed by atoms with Gasteiger partial charge in [-0.3, -0.25) is 9.89 Å². The van der Waals surface area contributed by atoms with E-state index in [0.717, 1.165) is 16.1 Å². The molecule has 1 amide bonds. The predicted octanol–water partition coefficient (Wildman–Crippen LogP) is 3.77. The van der Waals surface area contributed by atoms with Gasteiger partial charge in [0.05, 0.1) is 16.6 Å². The zero-order chi connectivity index (χ0) is 15.5. The van der Waals surface area contributed by atoms with Crippen LogP contribution in [0.15, 0.2) is 47.8 Å². The Bertz CT molecular complexity index is 765. The van der Waals surface area contributed by atoms with E-state index in [1.807, 2.05) is 24.4 Å². The first-order chi connectivity index (χ1) is 10.6. The van der Waals surface area contributed by atoms with Gasteiger partial charge in [0.15, 0.2) is 5.69 Å². The van der Waals surface area contributed by atoms with Crippen LogP contribution >= 0.6 is 11.3 Å². The second-order valence-electron chi connectivity index (χ2n) is 4.89. The van der Waals surface area contributed by atoms with Crippen molar-refractivity contribution in [1.29, 1.82) is 0 Å². The van der Waals surface area contributed by atoms with E-state index in [-0.39, 0.29) is 17.8 Å². The molecular weight excluding hydrogens is 301 g/mol. The number of carbonyl (C=O) groups is 1. The number of carbonyl (C=O) groups excluding carboxylic acids is 1. The van der Waals surface area contributed by atoms with Crippen LogP contribution in [0.4, 0.5) is 4.39 Å². The molecule has 0 radical (unpaired) electrons. The van der Waals surface area contributed by atoms with Crippen molar-refractivity contribution in [2.45, 2.75) is 13.0 Å². The molecule has 0 fully saturated rings. The van der Waals surface area contributed by atoms with Crippen LogP contribution in [0.25, 0.3) is 10.6 Å². The van der Waals surface area contributed by atoms with E-state index in [4.69, 9.17) is 0 Å². The molecule has 1 aromatic carbocycles. The van der Waals surface area contributed by atoms with Crippen LogP contribution in [-0.2, 0) is 0 Å². The van der Waals surface area contributed by atoms with E-state index in [0.29, 0.717) is 5.69 Å². The van der Waals surface area contributed by atoms with Gasteiger partial charge in [-0.1, -0.05) is 18.2 Å². The Balaban J connectivity index is 1.70. The Labute approximate surface area is 131 Å². The van der Waals surface area contributed by atoms with Crippen molar-refractivity contribution in [3.05, 3.63) is 64.9 Å². The molecule has 0 saturated carbocycles. The number of benzene rings is 1. The molecule has 2 N–H and O–H groups in total. The van der Waals surface area contributed by atoms with E-state index < -0.39 is 0 Å². The number of hydrogen-bond donors (Lipinski definition) is 2. The number of H-pyrrole nitrogens is 1. The summed E-state index contributed by atoms with van der Waals surface area (Å²) in [4.78, 5) is 13.2. The van der Waals surface area contributed by atoms with Gasteiger partial charge in [-0.15, -0.1) is 11.3 Å². The Kier molecular flexibility index (Phi) is 4.02. The van der Waals surface area contributed by atoms with Crippen molar-refractivity contribution in [1.82, 2.24) is 15.5 Å². The lowest BCUT2D eigenvalue weighted by molar-refractivity contribution is 0.0935. The number of nitrogens with zero attached hydrogens (tertiary/aromatic N) is 1. The lowest BCUT2D eigenvalue weighted by atomic mass is 10.1. The highest BCUT2D eigenvalue weighted by atomic mass is 32.1. The van der Waals surface area contributed by atoms with Crippen LogP contribution in [0.3, 0.4) is 0 Å². The van der Waals surface area contributed by atoms with Gasteiger partial charge in [-0.2, -0.15) is 5.10 Å². The average Bonchev–Trinajstić information content (AvgIpc) is 3.19. The van der Waals surface area contributed by atoms with Gasteiger partial charge in [-0.25, -0.2) is 4.39 Å². The summed E-state index contributed by atoms with van der Waals surface area (Å²) in [5.41, 5.74) is 1.98. The van der Waals surface area contributed by atoms with E-state index in [1.165, 1.54) is 12.1 Å². The third-order valence-electron chi connectivity index (χ3n) is 3.31. The Morgan fingerprint density at radius 2 is 2.09 bits per heavy atom. The second kappa shape index (κ2) is 6.11. The first-order valence-electron chi connectivity index (χ1n) is 6.79. The van der Waals surface area contributed by atoms with Gasteiger partial charge < -0.3 is 5.32 Å². The van der Waals surface area contributed by atoms with E-state index in [9.17, 15) is 9.18 Å². The van der Waals surface area contributed by atoms with Crippen molar-refractivity contribution in [2.75, 3.05) is 0 Å². The summed E-state index contributed by atoms with van der Waals surface area (Å²) in [6.07, 6.45) is 0. The van der Waals surface area contributed by atoms with E-state index >= 15 is 0 Å². The van der Waals surface area contributed by atoms with Gasteiger partial charge in [0.2, 0.25) is 0 Å². The fraction of sp³-hybridized carbons (Fsp3) is 0.125. The molecule has 0 bridgehead atoms. The normalized spacial score (nSPS) is 12.1. The number of hydrogen-bond acceptors (Lipinski definition) is 3. The standard InChI is InChI=1S/C16H14FN3OS/c1-10(11-4-6-12(17)7-5-11)18-16(21)14-9-13(19-20-14)15-3-2-8-22-15/h2-10H,1H3,(H,18,21)(H,19,20)/t10-/m0/s1. The molecule has 2 heterocycles. The number of amides is 1. The fourth-order valence-electron chi connectivity index (χ4n) is 2.10. The number of aromatic amines is 1. The minimum absolute atomic E-state index is 0.227. The van der Waals surface area contributed by atoms with Crippen molar-refractivity contribution in [3.8, 4) is 10.6 Å². The number of thiophene rings is 1. The molecule has 0 spiro atoms. The summed E-state index contributed by atoms with van der Waals surface area (Å²) in [5, 5.41) is 11.7. The molecular formula is C16H14FN3OS. The van der Waals surface area contributed by atoms with Crippen LogP contribution in [0.1, 0.15) is 29.0 Å². The van der Waals surface area contributed by atoms with Crippen molar-refractivity contribution in [3.63, 3.8) is 0 Å². The lowest BCUT2D eigenvalue weighted by Gasteiger charge is -2.13. The number of nitrogens with one attached hydrogen (secondary N) is 2. The monoisotopic (exact) mass is 315 g/mol. The summed E-state index contributed by atoms with van der Waals surface area (Å²) >= 11 is 1.57. The second-order valence-corrected chi connectivity index (χ2v) is 5.84. The Morgan fingerprint density at radius 1 is 1.32 bits per heavy atom. The van der Waals surface area contributed by atoms with Crippen LogP contribution < -0.4 is 5.32 Å². The molecule has 1 atom stereocenters. The van der Waals surface area contributed by atoms with Gasteiger partial charge >= 0.3 is 0 Å². The average molecular weight is 315 g/mol. The molecule has 0 aliphatic carbocycles. The van der Waals surface area contributed by atoms with Gasteiger partial charge in [0.1, 0.15) is 5.82 Å². The van der Waals surface area contributed by atoms with Crippen molar-refractivity contribution < 1.29 is 9.18 Å². The van der Waals surface area contributed by atoms with Crippen molar-refractivity contribution >= 4 is 17.2 Å². The lowest BCUT2D eigenvalue weighted by Crippen LogP contribution is -2.26. The van der Waals surface area contributed by atoms with Gasteiger partial charge in [0, 0.05) is 0 Å². The summed E-state index contributed by atoms with van der Waals surface area (Å²) in [5.74, 6) is -0.564. The molecule has 112 valence electrons. The highest BCUT2D eigenvalue weighted by molar-refractivity contribution is 7.13. The molecule has 0 unspecified atom stereocenters. The van der Waals surface area contributed by atoms with Crippen LogP contribution in [0.5, 0.6) is 0 Å². The molecule has 0 aliphatic rings. The Morgan fingerprint density at radius 3 is 2.77 bits per heavy atom. The zero-order valence-corrected chi connectivity index (χ0v) is 12.7. The minimum atomic E-state index is -0.296.